The van der Waals surface area contributed by atoms with Crippen molar-refractivity contribution in [3.63, 3.8) is 0 Å². The summed E-state index contributed by atoms with van der Waals surface area (Å²) in [5.74, 6) is 0.153. The summed E-state index contributed by atoms with van der Waals surface area (Å²) in [7, 11) is -2.99. The number of nitrogens with one attached hydrogen (secondary N) is 1. The van der Waals surface area contributed by atoms with Gasteiger partial charge in [-0.3, -0.25) is 9.59 Å². The van der Waals surface area contributed by atoms with Crippen molar-refractivity contribution in [3.05, 3.63) is 29.8 Å². The SMILES string of the molecule is O=C(Cc1ccc(N2CCCC2=O)cc1)NC1CCS(=O)(=O)C1. The van der Waals surface area contributed by atoms with Crippen molar-refractivity contribution in [2.75, 3.05) is 23.0 Å². The summed E-state index contributed by atoms with van der Waals surface area (Å²) >= 11 is 0. The van der Waals surface area contributed by atoms with Crippen LogP contribution in [-0.2, 0) is 25.8 Å². The van der Waals surface area contributed by atoms with Crippen molar-refractivity contribution in [1.29, 1.82) is 0 Å². The molecule has 1 aromatic rings. The van der Waals surface area contributed by atoms with E-state index in [4.69, 9.17) is 0 Å². The highest BCUT2D eigenvalue weighted by Crippen LogP contribution is 2.21. The van der Waals surface area contributed by atoms with Crippen molar-refractivity contribution in [1.82, 2.24) is 5.32 Å². The third-order valence-electron chi connectivity index (χ3n) is 4.28. The number of carbonyl (C=O) groups excluding carboxylic acids is 2. The molecule has 0 aromatic heterocycles. The summed E-state index contributed by atoms with van der Waals surface area (Å²) in [4.78, 5) is 25.5. The molecule has 124 valence electrons. The normalized spacial score (nSPS) is 23.2. The van der Waals surface area contributed by atoms with Gasteiger partial charge in [0, 0.05) is 24.7 Å². The van der Waals surface area contributed by atoms with Gasteiger partial charge in [0.15, 0.2) is 9.84 Å². The number of anilines is 1. The molecule has 7 heteroatoms. The number of hydrogen-bond acceptors (Lipinski definition) is 4. The lowest BCUT2D eigenvalue weighted by molar-refractivity contribution is -0.121. The number of hydrogen-bond donors (Lipinski definition) is 1. The first-order valence-corrected chi connectivity index (χ1v) is 9.64. The molecule has 2 heterocycles. The lowest BCUT2D eigenvalue weighted by Gasteiger charge is -2.16. The highest BCUT2D eigenvalue weighted by Gasteiger charge is 2.28. The number of benzene rings is 1. The van der Waals surface area contributed by atoms with E-state index in [1.807, 2.05) is 24.3 Å². The predicted octanol–water partition coefficient (Wildman–Crippen LogP) is 0.659. The van der Waals surface area contributed by atoms with Gasteiger partial charge >= 0.3 is 0 Å². The van der Waals surface area contributed by atoms with Crippen molar-refractivity contribution >= 4 is 27.3 Å². The first-order chi connectivity index (χ1) is 10.9. The number of amides is 2. The van der Waals surface area contributed by atoms with Crippen LogP contribution in [0.5, 0.6) is 0 Å². The van der Waals surface area contributed by atoms with Gasteiger partial charge < -0.3 is 10.2 Å². The van der Waals surface area contributed by atoms with Gasteiger partial charge in [-0.15, -0.1) is 0 Å². The van der Waals surface area contributed by atoms with Crippen LogP contribution in [0.3, 0.4) is 0 Å². The van der Waals surface area contributed by atoms with Gasteiger partial charge in [-0.25, -0.2) is 8.42 Å². The van der Waals surface area contributed by atoms with Crippen LogP contribution >= 0.6 is 0 Å². The average molecular weight is 336 g/mol. The highest BCUT2D eigenvalue weighted by atomic mass is 32.2. The molecule has 2 aliphatic rings. The van der Waals surface area contributed by atoms with E-state index in [1.165, 1.54) is 0 Å². The van der Waals surface area contributed by atoms with Crippen LogP contribution in [-0.4, -0.2) is 44.3 Å². The predicted molar refractivity (Wildman–Crippen MR) is 86.9 cm³/mol. The van der Waals surface area contributed by atoms with E-state index in [1.54, 1.807) is 4.90 Å². The summed E-state index contributed by atoms with van der Waals surface area (Å²) < 4.78 is 22.8. The molecule has 0 spiro atoms. The standard InChI is InChI=1S/C16H20N2O4S/c19-15(17-13-7-9-23(21,22)11-13)10-12-3-5-14(6-4-12)18-8-1-2-16(18)20/h3-6,13H,1-2,7-11H2,(H,17,19). The Labute approximate surface area is 135 Å². The van der Waals surface area contributed by atoms with Crippen LogP contribution in [0.2, 0.25) is 0 Å². The Kier molecular flexibility index (Phi) is 4.39. The lowest BCUT2D eigenvalue weighted by Crippen LogP contribution is -2.36. The molecule has 1 atom stereocenters. The molecule has 3 rings (SSSR count). The van der Waals surface area contributed by atoms with Crippen molar-refractivity contribution in [2.24, 2.45) is 0 Å². The molecule has 23 heavy (non-hydrogen) atoms. The van der Waals surface area contributed by atoms with Crippen LogP contribution in [0, 0.1) is 0 Å². The van der Waals surface area contributed by atoms with Gasteiger partial charge in [0.1, 0.15) is 0 Å². The zero-order valence-corrected chi connectivity index (χ0v) is 13.6. The first kappa shape index (κ1) is 16.0. The summed E-state index contributed by atoms with van der Waals surface area (Å²) in [6.45, 7) is 0.745. The molecule has 0 saturated carbocycles. The maximum atomic E-state index is 12.0. The molecule has 2 aliphatic heterocycles. The molecule has 1 N–H and O–H groups in total. The fraction of sp³-hybridized carbons (Fsp3) is 0.500. The van der Waals surface area contributed by atoms with E-state index in [0.717, 1.165) is 24.2 Å². The van der Waals surface area contributed by atoms with Crippen LogP contribution < -0.4 is 10.2 Å². The summed E-state index contributed by atoms with van der Waals surface area (Å²) in [5.41, 5.74) is 1.71. The van der Waals surface area contributed by atoms with Crippen molar-refractivity contribution < 1.29 is 18.0 Å². The second kappa shape index (κ2) is 6.31. The van der Waals surface area contributed by atoms with E-state index in [2.05, 4.69) is 5.32 Å². The molecule has 0 radical (unpaired) electrons. The van der Waals surface area contributed by atoms with E-state index >= 15 is 0 Å². The van der Waals surface area contributed by atoms with Gasteiger partial charge in [-0.2, -0.15) is 0 Å². The monoisotopic (exact) mass is 336 g/mol. The van der Waals surface area contributed by atoms with Crippen LogP contribution in [0.25, 0.3) is 0 Å². The first-order valence-electron chi connectivity index (χ1n) is 7.82. The second-order valence-corrected chi connectivity index (χ2v) is 8.39. The molecule has 2 amide bonds. The Hall–Kier alpha value is -1.89. The Bertz CT molecular complexity index is 712. The summed E-state index contributed by atoms with van der Waals surface area (Å²) in [6.07, 6.45) is 2.18. The third-order valence-corrected chi connectivity index (χ3v) is 6.05. The second-order valence-electron chi connectivity index (χ2n) is 6.16. The Morgan fingerprint density at radius 1 is 1.26 bits per heavy atom. The number of sulfone groups is 1. The lowest BCUT2D eigenvalue weighted by atomic mass is 10.1. The number of carbonyl (C=O) groups is 2. The molecule has 2 fully saturated rings. The van der Waals surface area contributed by atoms with Crippen molar-refractivity contribution in [2.45, 2.75) is 31.7 Å². The zero-order valence-electron chi connectivity index (χ0n) is 12.8. The quantitative estimate of drug-likeness (QED) is 0.875. The van der Waals surface area contributed by atoms with Gasteiger partial charge in [0.05, 0.1) is 17.9 Å². The van der Waals surface area contributed by atoms with Gasteiger partial charge in [0.25, 0.3) is 0 Å². The fourth-order valence-electron chi connectivity index (χ4n) is 3.09. The van der Waals surface area contributed by atoms with Gasteiger partial charge in [-0.05, 0) is 30.5 Å². The van der Waals surface area contributed by atoms with Crippen LogP contribution in [0.1, 0.15) is 24.8 Å². The minimum atomic E-state index is -2.99. The topological polar surface area (TPSA) is 83.6 Å². The molecular formula is C16H20N2O4S. The third kappa shape index (κ3) is 3.90. The van der Waals surface area contributed by atoms with Crippen LogP contribution in [0.15, 0.2) is 24.3 Å². The Morgan fingerprint density at radius 3 is 2.57 bits per heavy atom. The number of nitrogens with zero attached hydrogens (tertiary/aromatic N) is 1. The molecule has 1 aromatic carbocycles. The fourth-order valence-corrected chi connectivity index (χ4v) is 4.76. The largest absolute Gasteiger partial charge is 0.352 e. The maximum Gasteiger partial charge on any atom is 0.227 e. The van der Waals surface area contributed by atoms with Gasteiger partial charge in [-0.1, -0.05) is 12.1 Å². The smallest absolute Gasteiger partial charge is 0.227 e. The van der Waals surface area contributed by atoms with Crippen LogP contribution in [0.4, 0.5) is 5.69 Å². The van der Waals surface area contributed by atoms with E-state index in [0.29, 0.717) is 12.8 Å². The molecule has 2 saturated heterocycles. The van der Waals surface area contributed by atoms with E-state index < -0.39 is 9.84 Å². The number of rotatable bonds is 4. The zero-order chi connectivity index (χ0) is 16.4. The Balaban J connectivity index is 1.56. The molecule has 6 nitrogen and oxygen atoms in total. The molecule has 0 aliphatic carbocycles. The van der Waals surface area contributed by atoms with Gasteiger partial charge in [0.2, 0.25) is 11.8 Å². The highest BCUT2D eigenvalue weighted by molar-refractivity contribution is 7.91. The Morgan fingerprint density at radius 2 is 2.00 bits per heavy atom. The molecule has 1 unspecified atom stereocenters. The summed E-state index contributed by atoms with van der Waals surface area (Å²) in [6, 6.07) is 7.12. The van der Waals surface area contributed by atoms with E-state index in [-0.39, 0.29) is 35.8 Å². The molecular weight excluding hydrogens is 316 g/mol. The molecule has 0 bridgehead atoms. The maximum absolute atomic E-state index is 12.0. The summed E-state index contributed by atoms with van der Waals surface area (Å²) in [5, 5.41) is 2.78. The van der Waals surface area contributed by atoms with E-state index in [9.17, 15) is 18.0 Å². The average Bonchev–Trinajstić information content (AvgIpc) is 3.05. The minimum Gasteiger partial charge on any atom is -0.352 e. The minimum absolute atomic E-state index is 0.0365. The van der Waals surface area contributed by atoms with Crippen molar-refractivity contribution in [3.8, 4) is 0 Å².